The number of hydrogen-bond acceptors (Lipinski definition) is 3. The van der Waals surface area contributed by atoms with E-state index in [1.807, 2.05) is 5.32 Å². The number of carbonyl (C=O) groups excluding carboxylic acids is 1. The maximum atomic E-state index is 13.6. The van der Waals surface area contributed by atoms with Crippen molar-refractivity contribution in [2.24, 2.45) is 0 Å². The van der Waals surface area contributed by atoms with Crippen molar-refractivity contribution in [3.63, 3.8) is 0 Å². The Morgan fingerprint density at radius 1 is 1.03 bits per heavy atom. The summed E-state index contributed by atoms with van der Waals surface area (Å²) in [5, 5.41) is 5.61. The van der Waals surface area contributed by atoms with Gasteiger partial charge in [0.2, 0.25) is 0 Å². The second-order valence-corrected chi connectivity index (χ2v) is 6.51. The van der Waals surface area contributed by atoms with Gasteiger partial charge in [0.15, 0.2) is 11.5 Å². The van der Waals surface area contributed by atoms with Crippen molar-refractivity contribution in [1.82, 2.24) is 14.8 Å². The number of carbonyl (C=O) groups is 1. The number of rotatable bonds is 3. The van der Waals surface area contributed by atoms with Crippen LogP contribution in [0.5, 0.6) is 0 Å². The molecule has 0 radical (unpaired) electrons. The third-order valence-corrected chi connectivity index (χ3v) is 4.37. The van der Waals surface area contributed by atoms with Crippen LogP contribution in [-0.4, -0.2) is 20.7 Å². The first kappa shape index (κ1) is 20.8. The molecule has 0 spiro atoms. The number of halogens is 7. The van der Waals surface area contributed by atoms with Crippen molar-refractivity contribution >= 4 is 27.5 Å². The average molecular weight is 479 g/mol. The topological polar surface area (TPSA) is 59.8 Å². The van der Waals surface area contributed by atoms with E-state index in [0.29, 0.717) is 16.9 Å². The smallest absolute Gasteiger partial charge is 0.322 e. The summed E-state index contributed by atoms with van der Waals surface area (Å²) in [6, 6.07) is 6.94. The number of pyridine rings is 1. The van der Waals surface area contributed by atoms with E-state index in [-0.39, 0.29) is 16.0 Å². The summed E-state index contributed by atoms with van der Waals surface area (Å²) in [6.45, 7) is 0. The molecule has 0 aliphatic carbocycles. The molecule has 0 atom stereocenters. The summed E-state index contributed by atoms with van der Waals surface area (Å²) in [5.74, 6) is -1.45. The molecule has 1 amide bonds. The van der Waals surface area contributed by atoms with E-state index in [4.69, 9.17) is 0 Å². The Labute approximate surface area is 167 Å². The fourth-order valence-electron chi connectivity index (χ4n) is 2.46. The standard InChI is InChI=1S/C17H9BrF6N4O/c18-12-5-4-9(7-11(12)16(19,20)21)27-15(29)10-8-26-28(14(10)17(22,23)24)13-3-1-2-6-25-13/h1-8H,(H,27,29). The zero-order valence-electron chi connectivity index (χ0n) is 14.0. The van der Waals surface area contributed by atoms with Crippen LogP contribution in [0.15, 0.2) is 53.3 Å². The molecule has 3 aromatic rings. The van der Waals surface area contributed by atoms with E-state index in [1.54, 1.807) is 0 Å². The predicted molar refractivity (Wildman–Crippen MR) is 93.5 cm³/mol. The van der Waals surface area contributed by atoms with Crippen molar-refractivity contribution in [3.05, 3.63) is 70.1 Å². The van der Waals surface area contributed by atoms with Crippen molar-refractivity contribution in [1.29, 1.82) is 0 Å². The van der Waals surface area contributed by atoms with Crippen LogP contribution >= 0.6 is 15.9 Å². The minimum atomic E-state index is -4.97. The Morgan fingerprint density at radius 3 is 2.34 bits per heavy atom. The second-order valence-electron chi connectivity index (χ2n) is 5.65. The molecule has 1 aromatic carbocycles. The van der Waals surface area contributed by atoms with Gasteiger partial charge in [0.1, 0.15) is 0 Å². The maximum Gasteiger partial charge on any atom is 0.434 e. The lowest BCUT2D eigenvalue weighted by molar-refractivity contribution is -0.143. The third kappa shape index (κ3) is 4.42. The van der Waals surface area contributed by atoms with Crippen LogP contribution in [0.1, 0.15) is 21.6 Å². The zero-order valence-corrected chi connectivity index (χ0v) is 15.6. The molecule has 29 heavy (non-hydrogen) atoms. The van der Waals surface area contributed by atoms with Gasteiger partial charge in [-0.1, -0.05) is 22.0 Å². The molecule has 152 valence electrons. The van der Waals surface area contributed by atoms with Crippen molar-refractivity contribution in [3.8, 4) is 5.82 Å². The first-order valence-electron chi connectivity index (χ1n) is 7.73. The van der Waals surface area contributed by atoms with Crippen molar-refractivity contribution in [2.75, 3.05) is 5.32 Å². The Hall–Kier alpha value is -2.89. The highest BCUT2D eigenvalue weighted by atomic mass is 79.9. The van der Waals surface area contributed by atoms with Crippen LogP contribution < -0.4 is 5.32 Å². The summed E-state index contributed by atoms with van der Waals surface area (Å²) in [7, 11) is 0. The second kappa shape index (κ2) is 7.50. The lowest BCUT2D eigenvalue weighted by atomic mass is 10.1. The molecule has 2 aromatic heterocycles. The van der Waals surface area contributed by atoms with Crippen molar-refractivity contribution in [2.45, 2.75) is 12.4 Å². The molecule has 0 fully saturated rings. The predicted octanol–water partition coefficient (Wildman–Crippen LogP) is 5.32. The lowest BCUT2D eigenvalue weighted by Crippen LogP contribution is -2.21. The third-order valence-electron chi connectivity index (χ3n) is 3.68. The summed E-state index contributed by atoms with van der Waals surface area (Å²) < 4.78 is 79.9. The minimum Gasteiger partial charge on any atom is -0.322 e. The van der Waals surface area contributed by atoms with E-state index in [2.05, 4.69) is 26.0 Å². The summed E-state index contributed by atoms with van der Waals surface area (Å²) in [5.41, 5.74) is -3.68. The Morgan fingerprint density at radius 2 is 1.76 bits per heavy atom. The van der Waals surface area contributed by atoms with Crippen LogP contribution in [0, 0.1) is 0 Å². The van der Waals surface area contributed by atoms with Gasteiger partial charge in [-0.25, -0.2) is 9.67 Å². The van der Waals surface area contributed by atoms with Crippen LogP contribution in [0.4, 0.5) is 32.0 Å². The molecule has 12 heteroatoms. The molecule has 2 heterocycles. The molecule has 0 aliphatic heterocycles. The average Bonchev–Trinajstić information content (AvgIpc) is 3.09. The number of benzene rings is 1. The van der Waals surface area contributed by atoms with Gasteiger partial charge in [0.25, 0.3) is 5.91 Å². The SMILES string of the molecule is O=C(Nc1ccc(Br)c(C(F)(F)F)c1)c1cnn(-c2ccccn2)c1C(F)(F)F. The van der Waals surface area contributed by atoms with E-state index in [0.717, 1.165) is 12.1 Å². The Kier molecular flexibility index (Phi) is 5.39. The van der Waals surface area contributed by atoms with E-state index in [9.17, 15) is 31.1 Å². The van der Waals surface area contributed by atoms with E-state index in [1.165, 1.54) is 24.4 Å². The van der Waals surface area contributed by atoms with Gasteiger partial charge in [-0.3, -0.25) is 4.79 Å². The van der Waals surface area contributed by atoms with Gasteiger partial charge in [0.05, 0.1) is 17.3 Å². The van der Waals surface area contributed by atoms with Crippen LogP contribution in [0.25, 0.3) is 5.82 Å². The molecule has 0 aliphatic rings. The van der Waals surface area contributed by atoms with Gasteiger partial charge in [-0.05, 0) is 30.3 Å². The molecule has 5 nitrogen and oxygen atoms in total. The molecule has 0 bridgehead atoms. The fourth-order valence-corrected chi connectivity index (χ4v) is 2.93. The van der Waals surface area contributed by atoms with Gasteiger partial charge >= 0.3 is 12.4 Å². The van der Waals surface area contributed by atoms with Crippen LogP contribution in [0.2, 0.25) is 0 Å². The number of alkyl halides is 6. The molecule has 1 N–H and O–H groups in total. The van der Waals surface area contributed by atoms with Gasteiger partial charge < -0.3 is 5.32 Å². The molecular formula is C17H9BrF6N4O. The number of amides is 1. The summed E-state index contributed by atoms with van der Waals surface area (Å²) in [6.07, 6.45) is -7.77. The molecule has 0 saturated heterocycles. The Bertz CT molecular complexity index is 1050. The lowest BCUT2D eigenvalue weighted by Gasteiger charge is -2.13. The number of nitrogens with zero attached hydrogens (tertiary/aromatic N) is 3. The monoisotopic (exact) mass is 478 g/mol. The first-order chi connectivity index (χ1) is 13.5. The maximum absolute atomic E-state index is 13.6. The van der Waals surface area contributed by atoms with Gasteiger partial charge in [0, 0.05) is 16.4 Å². The fraction of sp³-hybridized carbons (Fsp3) is 0.118. The highest BCUT2D eigenvalue weighted by Gasteiger charge is 2.41. The number of anilines is 1. The zero-order chi connectivity index (χ0) is 21.4. The van der Waals surface area contributed by atoms with Gasteiger partial charge in [-0.2, -0.15) is 31.4 Å². The number of hydrogen-bond donors (Lipinski definition) is 1. The van der Waals surface area contributed by atoms with E-state index < -0.39 is 35.1 Å². The Balaban J connectivity index is 2.00. The largest absolute Gasteiger partial charge is 0.434 e. The molecular weight excluding hydrogens is 470 g/mol. The van der Waals surface area contributed by atoms with Gasteiger partial charge in [-0.15, -0.1) is 0 Å². The van der Waals surface area contributed by atoms with Crippen LogP contribution in [0.3, 0.4) is 0 Å². The number of nitrogens with one attached hydrogen (secondary N) is 1. The quantitative estimate of drug-likeness (QED) is 0.518. The molecule has 0 saturated carbocycles. The minimum absolute atomic E-state index is 0.179. The van der Waals surface area contributed by atoms with Crippen LogP contribution in [-0.2, 0) is 12.4 Å². The van der Waals surface area contributed by atoms with Crippen molar-refractivity contribution < 1.29 is 31.1 Å². The first-order valence-corrected chi connectivity index (χ1v) is 8.52. The summed E-state index contributed by atoms with van der Waals surface area (Å²) >= 11 is 2.74. The molecule has 3 rings (SSSR count). The number of aromatic nitrogens is 3. The summed E-state index contributed by atoms with van der Waals surface area (Å²) in [4.78, 5) is 16.2. The molecule has 0 unspecified atom stereocenters. The highest BCUT2D eigenvalue weighted by Crippen LogP contribution is 2.37. The highest BCUT2D eigenvalue weighted by molar-refractivity contribution is 9.10. The normalized spacial score (nSPS) is 12.1. The van der Waals surface area contributed by atoms with E-state index >= 15 is 0 Å².